The number of hydrogen-bond acceptors (Lipinski definition) is 11. The van der Waals surface area contributed by atoms with Crippen LogP contribution in [0.25, 0.3) is 0 Å². The number of halogens is 1. The van der Waals surface area contributed by atoms with E-state index >= 15 is 0 Å². The Kier molecular flexibility index (Phi) is 7.27. The number of carbonyl (C=O) groups is 4. The Morgan fingerprint density at radius 3 is 2.41 bits per heavy atom. The standard InChI is InChI=1S/C25H28BrN3O10/c1-8-9-4-5-10(28-24(37)39-7-6-26)17(30)12(9)18(31)13-11(8)19(32)15-16(29(2)3)20(33)14(23(27)36)22(35)25(15,38)21(13)34/h4-5,8,11,15-16,19,30,32-34,38H,6-7H2,1-3H3,(H2,27,36)(H,28,37)/t8-,11+,15+,16-,19-,25-/m0/s1. The van der Waals surface area contributed by atoms with Gasteiger partial charge < -0.3 is 36.0 Å². The fourth-order valence-corrected chi connectivity index (χ4v) is 6.16. The minimum atomic E-state index is -3.01. The van der Waals surface area contributed by atoms with E-state index in [1.807, 2.05) is 0 Å². The Labute approximate surface area is 230 Å². The van der Waals surface area contributed by atoms with Crippen molar-refractivity contribution >= 4 is 45.2 Å². The number of aliphatic hydroxyl groups excluding tert-OH is 3. The summed E-state index contributed by atoms with van der Waals surface area (Å²) >= 11 is 3.11. The highest BCUT2D eigenvalue weighted by atomic mass is 79.9. The van der Waals surface area contributed by atoms with Gasteiger partial charge in [-0.1, -0.05) is 28.9 Å². The lowest BCUT2D eigenvalue weighted by atomic mass is 9.55. The van der Waals surface area contributed by atoms with Crippen LogP contribution >= 0.6 is 15.9 Å². The van der Waals surface area contributed by atoms with E-state index in [4.69, 9.17) is 10.5 Å². The number of alkyl halides is 1. The zero-order valence-corrected chi connectivity index (χ0v) is 22.7. The average Bonchev–Trinajstić information content (AvgIpc) is 2.85. The van der Waals surface area contributed by atoms with Gasteiger partial charge in [0.2, 0.25) is 5.78 Å². The third-order valence-corrected chi connectivity index (χ3v) is 8.00. The zero-order chi connectivity index (χ0) is 29.1. The highest BCUT2D eigenvalue weighted by Crippen LogP contribution is 2.56. The van der Waals surface area contributed by atoms with Crippen molar-refractivity contribution < 1.29 is 49.4 Å². The summed E-state index contributed by atoms with van der Waals surface area (Å²) in [5, 5.41) is 59.1. The van der Waals surface area contributed by atoms with E-state index in [1.165, 1.54) is 31.1 Å². The first-order valence-corrected chi connectivity index (χ1v) is 13.0. The molecule has 0 aromatic heterocycles. The van der Waals surface area contributed by atoms with Gasteiger partial charge in [0.05, 0.1) is 29.3 Å². The number of likely N-dealkylation sites (N-methyl/N-ethyl adjacent to an activating group) is 1. The highest BCUT2D eigenvalue weighted by molar-refractivity contribution is 9.09. The number of anilines is 1. The molecule has 0 heterocycles. The van der Waals surface area contributed by atoms with Gasteiger partial charge >= 0.3 is 6.09 Å². The van der Waals surface area contributed by atoms with Crippen molar-refractivity contribution in [2.45, 2.75) is 30.6 Å². The number of nitrogens with one attached hydrogen (secondary N) is 1. The molecule has 4 rings (SSSR count). The molecule has 13 nitrogen and oxygen atoms in total. The van der Waals surface area contributed by atoms with Gasteiger partial charge in [-0.05, 0) is 31.6 Å². The summed E-state index contributed by atoms with van der Waals surface area (Å²) in [4.78, 5) is 52.6. The van der Waals surface area contributed by atoms with E-state index in [0.29, 0.717) is 5.33 Å². The molecule has 0 saturated carbocycles. The second kappa shape index (κ2) is 9.93. The Morgan fingerprint density at radius 1 is 1.21 bits per heavy atom. The summed E-state index contributed by atoms with van der Waals surface area (Å²) in [6, 6.07) is 1.45. The van der Waals surface area contributed by atoms with Crippen LogP contribution in [0, 0.1) is 11.8 Å². The molecule has 2 amide bonds. The fourth-order valence-electron chi connectivity index (χ4n) is 6.00. The number of amides is 2. The molecule has 3 aliphatic carbocycles. The molecule has 0 unspecified atom stereocenters. The van der Waals surface area contributed by atoms with Crippen LogP contribution in [0.4, 0.5) is 10.5 Å². The van der Waals surface area contributed by atoms with Crippen molar-refractivity contribution in [3.63, 3.8) is 0 Å². The number of phenolic OH excluding ortho intramolecular Hbond substituents is 1. The monoisotopic (exact) mass is 609 g/mol. The van der Waals surface area contributed by atoms with Crippen LogP contribution in [-0.4, -0.2) is 97.8 Å². The first-order valence-electron chi connectivity index (χ1n) is 11.9. The molecule has 0 aliphatic heterocycles. The number of carbonyl (C=O) groups excluding carboxylic acids is 4. The van der Waals surface area contributed by atoms with Crippen LogP contribution in [0.2, 0.25) is 0 Å². The van der Waals surface area contributed by atoms with Gasteiger partial charge in [0.1, 0.15) is 23.7 Å². The number of primary amides is 1. The maximum atomic E-state index is 13.8. The summed E-state index contributed by atoms with van der Waals surface area (Å²) in [6.07, 6.45) is -2.60. The molecule has 0 fully saturated rings. The van der Waals surface area contributed by atoms with Crippen LogP contribution in [0.3, 0.4) is 0 Å². The lowest BCUT2D eigenvalue weighted by molar-refractivity contribution is -0.162. The summed E-state index contributed by atoms with van der Waals surface area (Å²) < 4.78 is 4.90. The minimum absolute atomic E-state index is 0.0346. The molecule has 8 N–H and O–H groups in total. The van der Waals surface area contributed by atoms with E-state index in [0.717, 1.165) is 0 Å². The predicted octanol–water partition coefficient (Wildman–Crippen LogP) is 0.596. The number of ether oxygens (including phenoxy) is 1. The Bertz CT molecular complexity index is 1360. The smallest absolute Gasteiger partial charge is 0.411 e. The Morgan fingerprint density at radius 2 is 1.85 bits per heavy atom. The number of phenols is 1. The lowest BCUT2D eigenvalue weighted by Crippen LogP contribution is -2.68. The van der Waals surface area contributed by atoms with Crippen LogP contribution in [0.5, 0.6) is 5.75 Å². The minimum Gasteiger partial charge on any atom is -0.510 e. The first-order chi connectivity index (χ1) is 18.2. The molecular weight excluding hydrogens is 582 g/mol. The predicted molar refractivity (Wildman–Crippen MR) is 139 cm³/mol. The second-order valence-electron chi connectivity index (χ2n) is 9.93. The maximum Gasteiger partial charge on any atom is 0.411 e. The molecule has 1 aromatic carbocycles. The Balaban J connectivity index is 1.92. The molecular formula is C25H28BrN3O10. The lowest BCUT2D eigenvalue weighted by Gasteiger charge is -2.53. The number of ketones is 2. The second-order valence-corrected chi connectivity index (χ2v) is 10.7. The van der Waals surface area contributed by atoms with Crippen LogP contribution in [-0.2, 0) is 14.3 Å². The molecule has 39 heavy (non-hydrogen) atoms. The third-order valence-electron chi connectivity index (χ3n) is 7.68. The molecule has 0 bridgehead atoms. The number of rotatable bonds is 5. The van der Waals surface area contributed by atoms with Crippen molar-refractivity contribution in [2.24, 2.45) is 17.6 Å². The van der Waals surface area contributed by atoms with E-state index in [1.54, 1.807) is 6.92 Å². The van der Waals surface area contributed by atoms with Crippen LogP contribution in [0.1, 0.15) is 28.8 Å². The molecule has 3 aliphatic rings. The van der Waals surface area contributed by atoms with Crippen molar-refractivity contribution in [1.29, 1.82) is 0 Å². The summed E-state index contributed by atoms with van der Waals surface area (Å²) in [5.41, 5.74) is 0.546. The van der Waals surface area contributed by atoms with Gasteiger partial charge in [0, 0.05) is 16.8 Å². The number of benzene rings is 1. The van der Waals surface area contributed by atoms with E-state index < -0.39 is 87.5 Å². The molecule has 14 heteroatoms. The largest absolute Gasteiger partial charge is 0.510 e. The third kappa shape index (κ3) is 4.01. The van der Waals surface area contributed by atoms with Gasteiger partial charge in [-0.2, -0.15) is 0 Å². The van der Waals surface area contributed by atoms with Crippen LogP contribution in [0.15, 0.2) is 34.8 Å². The van der Waals surface area contributed by atoms with Crippen molar-refractivity contribution in [3.05, 3.63) is 45.9 Å². The molecule has 210 valence electrons. The topological polar surface area (TPSA) is 220 Å². The molecule has 1 aromatic rings. The summed E-state index contributed by atoms with van der Waals surface area (Å²) in [6.45, 7) is 1.64. The normalized spacial score (nSPS) is 30.1. The van der Waals surface area contributed by atoms with Crippen LogP contribution < -0.4 is 11.1 Å². The Hall–Kier alpha value is -3.46. The number of hydrogen-bond donors (Lipinski definition) is 7. The van der Waals surface area contributed by atoms with E-state index in [-0.39, 0.29) is 23.4 Å². The summed E-state index contributed by atoms with van der Waals surface area (Å²) in [7, 11) is 2.91. The van der Waals surface area contributed by atoms with Crippen molar-refractivity contribution in [3.8, 4) is 5.75 Å². The van der Waals surface area contributed by atoms with Gasteiger partial charge in [-0.3, -0.25) is 24.6 Å². The highest BCUT2D eigenvalue weighted by Gasteiger charge is 2.67. The number of Topliss-reactive ketones (excluding diaryl/α,β-unsaturated/α-hetero) is 2. The van der Waals surface area contributed by atoms with Crippen molar-refractivity contribution in [2.75, 3.05) is 31.3 Å². The number of fused-ring (bicyclic) bond motifs is 3. The average molecular weight is 610 g/mol. The van der Waals surface area contributed by atoms with Gasteiger partial charge in [-0.25, -0.2) is 4.79 Å². The molecule has 0 spiro atoms. The number of nitrogens with zero attached hydrogens (tertiary/aromatic N) is 1. The van der Waals surface area contributed by atoms with E-state index in [2.05, 4.69) is 21.2 Å². The maximum absolute atomic E-state index is 13.8. The van der Waals surface area contributed by atoms with Gasteiger partial charge in [0.15, 0.2) is 17.1 Å². The van der Waals surface area contributed by atoms with E-state index in [9.17, 15) is 44.7 Å². The van der Waals surface area contributed by atoms with Crippen molar-refractivity contribution in [1.82, 2.24) is 4.90 Å². The SMILES string of the molecule is C[C@H]1c2ccc(NC(=O)OCCBr)c(O)c2C(=O)C2=C(O)[C@]3(O)C(=O)C(C(N)=O)=C(O)[C@@H](N(C)C)[C@@H]3[C@@H](O)[C@@H]21. The molecule has 6 atom stereocenters. The number of aliphatic hydroxyl groups is 4. The molecule has 0 saturated heterocycles. The van der Waals surface area contributed by atoms with Gasteiger partial charge in [-0.15, -0.1) is 0 Å². The quantitative estimate of drug-likeness (QED) is 0.139. The van der Waals surface area contributed by atoms with Gasteiger partial charge in [0.25, 0.3) is 5.91 Å². The summed E-state index contributed by atoms with van der Waals surface area (Å²) in [5.74, 6) is -9.97. The zero-order valence-electron chi connectivity index (χ0n) is 21.1. The first kappa shape index (κ1) is 28.5. The molecule has 0 radical (unpaired) electrons. The number of aromatic hydroxyl groups is 1. The number of nitrogens with two attached hydrogens (primary N) is 1. The fraction of sp³-hybridized carbons (Fsp3) is 0.440.